The molecule has 3 aromatic rings. The molecule has 0 unspecified atom stereocenters. The Bertz CT molecular complexity index is 825. The molecule has 0 spiro atoms. The zero-order valence-electron chi connectivity index (χ0n) is 12.7. The molecule has 1 aromatic carbocycles. The van der Waals surface area contributed by atoms with Gasteiger partial charge in [-0.05, 0) is 24.6 Å². The van der Waals surface area contributed by atoms with Gasteiger partial charge in [-0.15, -0.1) is 0 Å². The lowest BCUT2D eigenvalue weighted by atomic mass is 10.1. The maximum atomic E-state index is 12.1. The van der Waals surface area contributed by atoms with E-state index in [0.717, 1.165) is 12.0 Å². The Hall–Kier alpha value is -2.31. The fourth-order valence-electron chi connectivity index (χ4n) is 2.21. The normalized spacial score (nSPS) is 10.8. The van der Waals surface area contributed by atoms with Crippen LogP contribution >= 0.6 is 23.2 Å². The fourth-order valence-corrected chi connectivity index (χ4v) is 2.49. The second-order valence-electron chi connectivity index (χ2n) is 5.20. The summed E-state index contributed by atoms with van der Waals surface area (Å²) in [5, 5.41) is 15.1. The fraction of sp³-hybridized carbons (Fsp3) is 0.188. The Labute approximate surface area is 148 Å². The van der Waals surface area contributed by atoms with E-state index in [1.54, 1.807) is 35.3 Å². The molecule has 1 amide bonds. The van der Waals surface area contributed by atoms with Crippen LogP contribution in [0.4, 0.5) is 0 Å². The predicted molar refractivity (Wildman–Crippen MR) is 93.2 cm³/mol. The first kappa shape index (κ1) is 16.5. The molecule has 0 saturated heterocycles. The van der Waals surface area contributed by atoms with Crippen LogP contribution in [-0.4, -0.2) is 32.4 Å². The number of halogens is 2. The number of benzene rings is 1. The van der Waals surface area contributed by atoms with Gasteiger partial charge >= 0.3 is 0 Å². The quantitative estimate of drug-likeness (QED) is 0.659. The smallest absolute Gasteiger partial charge is 0.269 e. The van der Waals surface area contributed by atoms with E-state index in [2.05, 4.69) is 20.6 Å². The number of aromatic amines is 1. The van der Waals surface area contributed by atoms with Crippen molar-refractivity contribution in [1.29, 1.82) is 0 Å². The van der Waals surface area contributed by atoms with Gasteiger partial charge in [-0.1, -0.05) is 35.3 Å². The second-order valence-corrected chi connectivity index (χ2v) is 6.08. The molecule has 0 bridgehead atoms. The van der Waals surface area contributed by atoms with Crippen molar-refractivity contribution in [2.75, 3.05) is 6.54 Å². The third kappa shape index (κ3) is 4.15. The molecule has 0 saturated carbocycles. The van der Waals surface area contributed by atoms with Crippen LogP contribution in [0.25, 0.3) is 11.3 Å². The van der Waals surface area contributed by atoms with Gasteiger partial charge in [0.1, 0.15) is 5.69 Å². The van der Waals surface area contributed by atoms with Crippen LogP contribution in [0, 0.1) is 0 Å². The molecule has 2 heterocycles. The van der Waals surface area contributed by atoms with Crippen LogP contribution in [-0.2, 0) is 6.54 Å². The number of hydrogen-bond acceptors (Lipinski definition) is 3. The van der Waals surface area contributed by atoms with Crippen molar-refractivity contribution in [3.8, 4) is 11.3 Å². The number of nitrogens with one attached hydrogen (secondary N) is 2. The molecule has 8 heteroatoms. The molecule has 2 N–H and O–H groups in total. The largest absolute Gasteiger partial charge is 0.351 e. The highest BCUT2D eigenvalue weighted by Crippen LogP contribution is 2.20. The van der Waals surface area contributed by atoms with Crippen molar-refractivity contribution in [3.63, 3.8) is 0 Å². The summed E-state index contributed by atoms with van der Waals surface area (Å²) in [6, 6.07) is 9.00. The molecular weight excluding hydrogens is 349 g/mol. The highest BCUT2D eigenvalue weighted by molar-refractivity contribution is 6.30. The third-order valence-corrected chi connectivity index (χ3v) is 3.86. The molecular formula is C16H15Cl2N5O. The zero-order chi connectivity index (χ0) is 16.9. The number of H-pyrrole nitrogens is 1. The summed E-state index contributed by atoms with van der Waals surface area (Å²) >= 11 is 11.7. The molecule has 0 radical (unpaired) electrons. The van der Waals surface area contributed by atoms with Crippen LogP contribution in [0.2, 0.25) is 10.0 Å². The van der Waals surface area contributed by atoms with Gasteiger partial charge in [0.15, 0.2) is 0 Å². The van der Waals surface area contributed by atoms with Gasteiger partial charge in [-0.2, -0.15) is 10.2 Å². The van der Waals surface area contributed by atoms with E-state index in [9.17, 15) is 4.79 Å². The van der Waals surface area contributed by atoms with E-state index in [1.807, 2.05) is 12.1 Å². The number of hydrogen-bond donors (Lipinski definition) is 2. The van der Waals surface area contributed by atoms with Crippen LogP contribution < -0.4 is 5.32 Å². The minimum atomic E-state index is -0.193. The molecule has 0 aliphatic carbocycles. The van der Waals surface area contributed by atoms with E-state index in [-0.39, 0.29) is 5.91 Å². The summed E-state index contributed by atoms with van der Waals surface area (Å²) in [5.41, 5.74) is 2.01. The van der Waals surface area contributed by atoms with Crippen LogP contribution in [0.3, 0.4) is 0 Å². The molecule has 3 rings (SSSR count). The van der Waals surface area contributed by atoms with Crippen molar-refractivity contribution < 1.29 is 4.79 Å². The summed E-state index contributed by atoms with van der Waals surface area (Å²) in [6.45, 7) is 1.22. The lowest BCUT2D eigenvalue weighted by molar-refractivity contribution is 0.0947. The van der Waals surface area contributed by atoms with E-state index < -0.39 is 0 Å². The molecule has 0 aliphatic heterocycles. The predicted octanol–water partition coefficient (Wildman–Crippen LogP) is 3.40. The van der Waals surface area contributed by atoms with E-state index in [0.29, 0.717) is 34.5 Å². The van der Waals surface area contributed by atoms with E-state index in [1.165, 1.54) is 0 Å². The lowest BCUT2D eigenvalue weighted by Crippen LogP contribution is -2.25. The Morgan fingerprint density at radius 2 is 2.00 bits per heavy atom. The van der Waals surface area contributed by atoms with Crippen molar-refractivity contribution in [2.45, 2.75) is 13.0 Å². The summed E-state index contributed by atoms with van der Waals surface area (Å²) in [6.07, 6.45) is 4.08. The number of carbonyl (C=O) groups excluding carboxylic acids is 1. The maximum Gasteiger partial charge on any atom is 0.269 e. The molecule has 0 atom stereocenters. The number of amides is 1. The van der Waals surface area contributed by atoms with E-state index in [4.69, 9.17) is 23.2 Å². The SMILES string of the molecule is O=C(NCCCn1cc(Cl)cn1)c1cc(-c2ccc(Cl)cc2)n[nH]1. The Balaban J connectivity index is 1.51. The van der Waals surface area contributed by atoms with Gasteiger partial charge in [0.2, 0.25) is 0 Å². The summed E-state index contributed by atoms with van der Waals surface area (Å²) in [7, 11) is 0. The van der Waals surface area contributed by atoms with Crippen molar-refractivity contribution in [2.24, 2.45) is 0 Å². The van der Waals surface area contributed by atoms with Crippen LogP contribution in [0.5, 0.6) is 0 Å². The van der Waals surface area contributed by atoms with Crippen molar-refractivity contribution in [1.82, 2.24) is 25.3 Å². The third-order valence-electron chi connectivity index (χ3n) is 3.41. The van der Waals surface area contributed by atoms with Gasteiger partial charge in [-0.25, -0.2) is 0 Å². The second kappa shape index (κ2) is 7.51. The van der Waals surface area contributed by atoms with Crippen molar-refractivity contribution >= 4 is 29.1 Å². The number of carbonyl (C=O) groups is 1. The Morgan fingerprint density at radius 1 is 1.21 bits per heavy atom. The first-order valence-electron chi connectivity index (χ1n) is 7.39. The summed E-state index contributed by atoms with van der Waals surface area (Å²) in [4.78, 5) is 12.1. The Morgan fingerprint density at radius 3 is 2.71 bits per heavy atom. The maximum absolute atomic E-state index is 12.1. The number of aryl methyl sites for hydroxylation is 1. The molecule has 0 fully saturated rings. The lowest BCUT2D eigenvalue weighted by Gasteiger charge is -2.03. The van der Waals surface area contributed by atoms with Crippen LogP contribution in [0.15, 0.2) is 42.7 Å². The highest BCUT2D eigenvalue weighted by Gasteiger charge is 2.10. The number of aromatic nitrogens is 4. The number of nitrogens with zero attached hydrogens (tertiary/aromatic N) is 3. The Kier molecular flexibility index (Phi) is 5.17. The topological polar surface area (TPSA) is 75.6 Å². The molecule has 6 nitrogen and oxygen atoms in total. The minimum Gasteiger partial charge on any atom is -0.351 e. The van der Waals surface area contributed by atoms with Crippen LogP contribution in [0.1, 0.15) is 16.9 Å². The molecule has 24 heavy (non-hydrogen) atoms. The summed E-state index contributed by atoms with van der Waals surface area (Å²) < 4.78 is 1.74. The molecule has 2 aromatic heterocycles. The average molecular weight is 364 g/mol. The number of rotatable bonds is 6. The first-order chi connectivity index (χ1) is 11.6. The summed E-state index contributed by atoms with van der Waals surface area (Å²) in [5.74, 6) is -0.193. The van der Waals surface area contributed by atoms with Gasteiger partial charge in [-0.3, -0.25) is 14.6 Å². The average Bonchev–Trinajstić information content (AvgIpc) is 3.21. The van der Waals surface area contributed by atoms with Crippen molar-refractivity contribution in [3.05, 3.63) is 58.5 Å². The minimum absolute atomic E-state index is 0.193. The van der Waals surface area contributed by atoms with Gasteiger partial charge in [0, 0.05) is 29.9 Å². The monoisotopic (exact) mass is 363 g/mol. The van der Waals surface area contributed by atoms with Gasteiger partial charge < -0.3 is 5.32 Å². The first-order valence-corrected chi connectivity index (χ1v) is 8.15. The standard InChI is InChI=1S/C16H15Cl2N5O/c17-12-4-2-11(3-5-12)14-8-15(22-21-14)16(24)19-6-1-7-23-10-13(18)9-20-23/h2-5,8-10H,1,6-7H2,(H,19,24)(H,21,22). The van der Waals surface area contributed by atoms with Gasteiger partial charge in [0.05, 0.1) is 16.9 Å². The molecule has 124 valence electrons. The zero-order valence-corrected chi connectivity index (χ0v) is 14.2. The highest BCUT2D eigenvalue weighted by atomic mass is 35.5. The van der Waals surface area contributed by atoms with Gasteiger partial charge in [0.25, 0.3) is 5.91 Å². The molecule has 0 aliphatic rings. The van der Waals surface area contributed by atoms with E-state index >= 15 is 0 Å².